The number of hydrogen-bond acceptors (Lipinski definition) is 4. The Bertz CT molecular complexity index is 1160. The molecule has 4 rings (SSSR count). The molecular weight excluding hydrogens is 589 g/mol. The van der Waals surface area contributed by atoms with Crippen LogP contribution >= 0.6 is 0 Å². The Balaban J connectivity index is 0.000000246. The van der Waals surface area contributed by atoms with E-state index in [1.165, 1.54) is 16.2 Å². The number of fused-ring (bicyclic) bond motifs is 6. The zero-order valence-electron chi connectivity index (χ0n) is 20.6. The topological polar surface area (TPSA) is 66.2 Å². The van der Waals surface area contributed by atoms with Gasteiger partial charge in [0.25, 0.3) is 0 Å². The molecule has 2 atom stereocenters. The van der Waals surface area contributed by atoms with Crippen molar-refractivity contribution in [3.05, 3.63) is 60.6 Å². The Morgan fingerprint density at radius 2 is 1.36 bits per heavy atom. The Kier molecular flexibility index (Phi) is 8.75. The predicted molar refractivity (Wildman–Crippen MR) is 134 cm³/mol. The molecule has 0 aliphatic carbocycles. The van der Waals surface area contributed by atoms with Gasteiger partial charge in [-0.25, -0.2) is 4.98 Å². The normalized spacial score (nSPS) is 13.8. The van der Waals surface area contributed by atoms with Gasteiger partial charge in [0, 0.05) is 32.2 Å². The molecule has 2 unspecified atom stereocenters. The molecule has 33 heavy (non-hydrogen) atoms. The second-order valence-corrected chi connectivity index (χ2v) is 10.7. The molecule has 0 amide bonds. The van der Waals surface area contributed by atoms with E-state index < -0.39 is 12.2 Å². The van der Waals surface area contributed by atoms with Crippen molar-refractivity contribution in [1.29, 1.82) is 0 Å². The molecular formula is C28H35IrN2O2-. The summed E-state index contributed by atoms with van der Waals surface area (Å²) in [6.07, 6.45) is 1.20. The van der Waals surface area contributed by atoms with Crippen molar-refractivity contribution < 1.29 is 30.3 Å². The number of hydrogen-bond donors (Lipinski definition) is 2. The van der Waals surface area contributed by atoms with E-state index in [2.05, 4.69) is 46.4 Å². The minimum absolute atomic E-state index is 0. The summed E-state index contributed by atoms with van der Waals surface area (Å²) in [5.41, 5.74) is 1.71. The number of aliphatic hydroxyl groups is 2. The van der Waals surface area contributed by atoms with Gasteiger partial charge in [-0.3, -0.25) is 4.98 Å². The van der Waals surface area contributed by atoms with Crippen LogP contribution in [0.3, 0.4) is 0 Å². The molecule has 0 saturated heterocycles. The van der Waals surface area contributed by atoms with Gasteiger partial charge in [0.15, 0.2) is 0 Å². The molecule has 5 heteroatoms. The van der Waals surface area contributed by atoms with E-state index in [-0.39, 0.29) is 30.9 Å². The summed E-state index contributed by atoms with van der Waals surface area (Å²) in [6.45, 7) is 13.9. The maximum atomic E-state index is 9.76. The fraction of sp³-hybridized carbons (Fsp3) is 0.429. The predicted octanol–water partition coefficient (Wildman–Crippen LogP) is 6.23. The third kappa shape index (κ3) is 6.16. The van der Waals surface area contributed by atoms with Crippen LogP contribution in [-0.4, -0.2) is 32.4 Å². The summed E-state index contributed by atoms with van der Waals surface area (Å²) in [5, 5.41) is 25.4. The minimum Gasteiger partial charge on any atom is -0.392 e. The average molecular weight is 624 g/mol. The number of aromatic nitrogens is 2. The van der Waals surface area contributed by atoms with E-state index >= 15 is 0 Å². The summed E-state index contributed by atoms with van der Waals surface area (Å²) in [4.78, 5) is 8.82. The molecule has 4 aromatic rings. The number of nitrogens with zero attached hydrogens (tertiary/aromatic N) is 2. The van der Waals surface area contributed by atoms with Crippen LogP contribution in [0.5, 0.6) is 0 Å². The number of aliphatic hydroxyl groups excluding tert-OH is 2. The Morgan fingerprint density at radius 1 is 0.818 bits per heavy atom. The number of benzene rings is 3. The van der Waals surface area contributed by atoms with Crippen LogP contribution in [0.25, 0.3) is 32.4 Å². The van der Waals surface area contributed by atoms with Gasteiger partial charge < -0.3 is 10.2 Å². The van der Waals surface area contributed by atoms with Crippen LogP contribution in [0.2, 0.25) is 0 Å². The first-order valence-corrected chi connectivity index (χ1v) is 11.2. The van der Waals surface area contributed by atoms with E-state index in [0.717, 1.165) is 22.0 Å². The van der Waals surface area contributed by atoms with Crippen LogP contribution in [0.4, 0.5) is 0 Å². The van der Waals surface area contributed by atoms with Crippen molar-refractivity contribution >= 4 is 32.4 Å². The second-order valence-electron chi connectivity index (χ2n) is 10.7. The molecule has 0 fully saturated rings. The molecule has 2 N–H and O–H groups in total. The molecule has 3 aromatic carbocycles. The van der Waals surface area contributed by atoms with E-state index in [1.807, 2.05) is 60.6 Å². The van der Waals surface area contributed by atoms with Crippen molar-refractivity contribution in [2.45, 2.75) is 67.1 Å². The second kappa shape index (κ2) is 10.6. The molecule has 0 spiro atoms. The Labute approximate surface area is 210 Å². The van der Waals surface area contributed by atoms with Crippen molar-refractivity contribution in [2.24, 2.45) is 10.8 Å². The van der Waals surface area contributed by atoms with Crippen molar-refractivity contribution in [3.8, 4) is 0 Å². The molecule has 1 heterocycles. The molecule has 0 bridgehead atoms. The van der Waals surface area contributed by atoms with Crippen molar-refractivity contribution in [3.63, 3.8) is 0 Å². The average Bonchev–Trinajstić information content (AvgIpc) is 2.73. The summed E-state index contributed by atoms with van der Waals surface area (Å²) < 4.78 is 0. The largest absolute Gasteiger partial charge is 0.392 e. The van der Waals surface area contributed by atoms with Crippen molar-refractivity contribution in [1.82, 2.24) is 9.97 Å². The van der Waals surface area contributed by atoms with E-state index in [4.69, 9.17) is 0 Å². The summed E-state index contributed by atoms with van der Waals surface area (Å²) in [7, 11) is 0. The van der Waals surface area contributed by atoms with E-state index in [1.54, 1.807) is 6.33 Å². The maximum absolute atomic E-state index is 9.76. The summed E-state index contributed by atoms with van der Waals surface area (Å²) in [5.74, 6) is 0. The van der Waals surface area contributed by atoms with Gasteiger partial charge in [-0.1, -0.05) is 76.6 Å². The number of aryl methyl sites for hydroxylation is 1. The molecule has 1 aromatic heterocycles. The molecule has 1 radical (unpaired) electrons. The third-order valence-electron chi connectivity index (χ3n) is 6.06. The number of rotatable bonds is 2. The molecule has 179 valence electrons. The summed E-state index contributed by atoms with van der Waals surface area (Å²) in [6, 6.07) is 17.8. The monoisotopic (exact) mass is 624 g/mol. The zero-order valence-corrected chi connectivity index (χ0v) is 23.0. The fourth-order valence-corrected chi connectivity index (χ4v) is 3.70. The maximum Gasteiger partial charge on any atom is 0.105 e. The van der Waals surface area contributed by atoms with Crippen LogP contribution in [0.1, 0.15) is 53.7 Å². The van der Waals surface area contributed by atoms with Gasteiger partial charge in [0.2, 0.25) is 0 Å². The molecule has 0 aliphatic rings. The van der Waals surface area contributed by atoms with Gasteiger partial charge in [-0.15, -0.1) is 29.7 Å². The van der Waals surface area contributed by atoms with Crippen LogP contribution in [0.15, 0.2) is 48.8 Å². The van der Waals surface area contributed by atoms with Crippen molar-refractivity contribution in [2.75, 3.05) is 0 Å². The molecule has 4 nitrogen and oxygen atoms in total. The Morgan fingerprint density at radius 3 is 1.94 bits per heavy atom. The first kappa shape index (κ1) is 27.3. The van der Waals surface area contributed by atoms with Crippen LogP contribution < -0.4 is 0 Å². The van der Waals surface area contributed by atoms with Crippen LogP contribution in [-0.2, 0) is 20.1 Å². The van der Waals surface area contributed by atoms with Gasteiger partial charge in [-0.05, 0) is 34.0 Å². The fourth-order valence-electron chi connectivity index (χ4n) is 3.70. The standard InChI is InChI=1S/C17H11N2.C11H24O2.Ir/c1-11-16-14-8-4-2-6-12(14)13-7-3-5-9-15(13)17(16)19-10-18-11;1-10(2,3)8(12)7-9(13)11(4,5)6;/h2-8,10H,1H3;8-9,12-13H,7H2,1-6H3;/q-1;;. The van der Waals surface area contributed by atoms with Gasteiger partial charge in [0.05, 0.1) is 12.2 Å². The molecule has 0 aliphatic heterocycles. The van der Waals surface area contributed by atoms with Gasteiger partial charge >= 0.3 is 0 Å². The third-order valence-corrected chi connectivity index (χ3v) is 6.06. The van der Waals surface area contributed by atoms with E-state index in [9.17, 15) is 10.2 Å². The van der Waals surface area contributed by atoms with E-state index in [0.29, 0.717) is 6.42 Å². The Hall–Kier alpha value is -1.91. The van der Waals surface area contributed by atoms with Gasteiger partial charge in [-0.2, -0.15) is 0 Å². The van der Waals surface area contributed by atoms with Gasteiger partial charge in [0.1, 0.15) is 6.33 Å². The summed E-state index contributed by atoms with van der Waals surface area (Å²) >= 11 is 0. The quantitative estimate of drug-likeness (QED) is 0.205. The van der Waals surface area contributed by atoms with Crippen LogP contribution in [0, 0.1) is 23.8 Å². The first-order chi connectivity index (χ1) is 14.9. The molecule has 0 saturated carbocycles. The first-order valence-electron chi connectivity index (χ1n) is 11.2. The zero-order chi connectivity index (χ0) is 23.7. The smallest absolute Gasteiger partial charge is 0.105 e. The SMILES string of the molecule is CC(C)(C)C(O)CC(O)C(C)(C)C.Cc1ncnc2c3[c-]cccc3c3ccccc3c12.[Ir]. The minimum atomic E-state index is -0.443.